The molecule has 42 heavy (non-hydrogen) atoms. The van der Waals surface area contributed by atoms with Crippen molar-refractivity contribution in [2.24, 2.45) is 0 Å². The lowest BCUT2D eigenvalue weighted by Crippen LogP contribution is -2.14. The van der Waals surface area contributed by atoms with Crippen molar-refractivity contribution in [3.63, 3.8) is 0 Å². The molecule has 8 aromatic rings. The van der Waals surface area contributed by atoms with Crippen LogP contribution >= 0.6 is 0 Å². The second kappa shape index (κ2) is 9.22. The molecule has 202 valence electrons. The van der Waals surface area contributed by atoms with Gasteiger partial charge >= 0.3 is 0 Å². The van der Waals surface area contributed by atoms with Gasteiger partial charge in [0.1, 0.15) is 5.52 Å². The molecule has 9 rings (SSSR count). The minimum atomic E-state index is -0.0182. The molecule has 0 bridgehead atoms. The summed E-state index contributed by atoms with van der Waals surface area (Å²) in [5, 5.41) is 10.7. The van der Waals surface area contributed by atoms with Crippen molar-refractivity contribution >= 4 is 43.4 Å². The Hall–Kier alpha value is -5.08. The molecule has 0 aliphatic heterocycles. The third-order valence-electron chi connectivity index (χ3n) is 9.21. The van der Waals surface area contributed by atoms with Crippen LogP contribution in [0.3, 0.4) is 0 Å². The lowest BCUT2D eigenvalue weighted by Gasteiger charge is -2.23. The molecule has 0 saturated heterocycles. The Kier molecular flexibility index (Phi) is 5.42. The predicted octanol–water partition coefficient (Wildman–Crippen LogP) is 11.2. The van der Waals surface area contributed by atoms with Crippen molar-refractivity contribution in [3.05, 3.63) is 144 Å². The molecule has 1 aromatic heterocycles. The largest absolute Gasteiger partial charge is 0.380 e. The van der Waals surface area contributed by atoms with E-state index in [0.717, 1.165) is 11.1 Å². The van der Waals surface area contributed by atoms with Crippen LogP contribution in [0.25, 0.3) is 65.7 Å². The number of hydrogen-bond acceptors (Lipinski definition) is 1. The Labute approximate surface area is 245 Å². The van der Waals surface area contributed by atoms with Gasteiger partial charge in [-0.15, -0.1) is 0 Å². The molecule has 0 spiro atoms. The zero-order chi connectivity index (χ0) is 28.4. The van der Waals surface area contributed by atoms with Crippen LogP contribution in [-0.4, -0.2) is 5.16 Å². The molecular formula is C40H31NO. The highest BCUT2D eigenvalue weighted by atomic mass is 16.5. The summed E-state index contributed by atoms with van der Waals surface area (Å²) in [7, 11) is 0. The predicted molar refractivity (Wildman–Crippen MR) is 177 cm³/mol. The van der Waals surface area contributed by atoms with Gasteiger partial charge in [-0.05, 0) is 102 Å². The molecular weight excluding hydrogens is 510 g/mol. The third kappa shape index (κ3) is 3.58. The number of hydrogen-bond donors (Lipinski definition) is 1. The summed E-state index contributed by atoms with van der Waals surface area (Å²) in [4.78, 5) is 0. The van der Waals surface area contributed by atoms with Gasteiger partial charge in [0.15, 0.2) is 5.58 Å². The Morgan fingerprint density at radius 2 is 1.19 bits per heavy atom. The SMILES string of the molecule is Cc1c2ccccc2c(-c2cccc3ccccc23)c2cc3c(cc12)-c1ccccc1C3(C)C.c1ccc2o[nH]c2c1. The summed E-state index contributed by atoms with van der Waals surface area (Å²) in [6.45, 7) is 7.03. The van der Waals surface area contributed by atoms with E-state index < -0.39 is 0 Å². The highest BCUT2D eigenvalue weighted by Crippen LogP contribution is 2.52. The fraction of sp³-hybridized carbons (Fsp3) is 0.100. The van der Waals surface area contributed by atoms with E-state index in [0.29, 0.717) is 0 Å². The Bertz CT molecular complexity index is 2260. The van der Waals surface area contributed by atoms with Crippen molar-refractivity contribution < 1.29 is 4.52 Å². The summed E-state index contributed by atoms with van der Waals surface area (Å²) in [6, 6.07) is 46.1. The van der Waals surface area contributed by atoms with Crippen molar-refractivity contribution in [1.82, 2.24) is 5.16 Å². The first-order valence-corrected chi connectivity index (χ1v) is 14.6. The number of nitrogens with one attached hydrogen (secondary N) is 1. The van der Waals surface area contributed by atoms with Crippen molar-refractivity contribution in [2.75, 3.05) is 0 Å². The maximum Gasteiger partial charge on any atom is 0.181 e. The second-order valence-corrected chi connectivity index (χ2v) is 11.9. The topological polar surface area (TPSA) is 28.9 Å². The summed E-state index contributed by atoms with van der Waals surface area (Å²) in [5.41, 5.74) is 11.6. The average Bonchev–Trinajstić information content (AvgIpc) is 3.23. The second-order valence-electron chi connectivity index (χ2n) is 11.9. The number of para-hydroxylation sites is 2. The minimum Gasteiger partial charge on any atom is -0.380 e. The van der Waals surface area contributed by atoms with Gasteiger partial charge in [0.2, 0.25) is 0 Å². The van der Waals surface area contributed by atoms with Crippen LogP contribution in [0.15, 0.2) is 132 Å². The highest BCUT2D eigenvalue weighted by molar-refractivity contribution is 6.19. The molecule has 0 amide bonds. The molecule has 1 N–H and O–H groups in total. The number of aromatic amines is 1. The fourth-order valence-electron chi connectivity index (χ4n) is 7.02. The first-order chi connectivity index (χ1) is 20.5. The summed E-state index contributed by atoms with van der Waals surface area (Å²) < 4.78 is 4.83. The molecule has 1 aliphatic rings. The zero-order valence-electron chi connectivity index (χ0n) is 24.0. The molecule has 1 heterocycles. The van der Waals surface area contributed by atoms with Crippen LogP contribution < -0.4 is 0 Å². The van der Waals surface area contributed by atoms with Crippen LogP contribution in [0.4, 0.5) is 0 Å². The van der Waals surface area contributed by atoms with Crippen molar-refractivity contribution in [1.29, 1.82) is 0 Å². The van der Waals surface area contributed by atoms with E-state index in [1.54, 1.807) is 0 Å². The van der Waals surface area contributed by atoms with Gasteiger partial charge in [-0.3, -0.25) is 0 Å². The Morgan fingerprint density at radius 3 is 1.95 bits per heavy atom. The van der Waals surface area contributed by atoms with Crippen LogP contribution in [-0.2, 0) is 5.41 Å². The lowest BCUT2D eigenvalue weighted by atomic mass is 9.80. The van der Waals surface area contributed by atoms with Crippen LogP contribution in [0.1, 0.15) is 30.5 Å². The normalized spacial score (nSPS) is 13.3. The number of benzene rings is 7. The maximum atomic E-state index is 4.83. The Balaban J connectivity index is 0.000000287. The van der Waals surface area contributed by atoms with E-state index in [9.17, 15) is 0 Å². The minimum absolute atomic E-state index is 0.0182. The van der Waals surface area contributed by atoms with Gasteiger partial charge in [0, 0.05) is 5.41 Å². The van der Waals surface area contributed by atoms with Crippen molar-refractivity contribution in [3.8, 4) is 22.3 Å². The van der Waals surface area contributed by atoms with E-state index in [4.69, 9.17) is 4.52 Å². The van der Waals surface area contributed by atoms with Gasteiger partial charge < -0.3 is 4.52 Å². The number of rotatable bonds is 1. The molecule has 0 fully saturated rings. The number of aryl methyl sites for hydroxylation is 1. The van der Waals surface area contributed by atoms with E-state index in [-0.39, 0.29) is 5.41 Å². The average molecular weight is 542 g/mol. The molecule has 0 atom stereocenters. The third-order valence-corrected chi connectivity index (χ3v) is 9.21. The molecule has 2 nitrogen and oxygen atoms in total. The zero-order valence-corrected chi connectivity index (χ0v) is 24.0. The standard InChI is InChI=1S/C34H26.C6H5NO/c1-21-23-13-6-7-16-26(23)33(27-17-10-12-22-11-4-5-14-24(22)27)30-20-32-29(19-28(21)30)25-15-8-9-18-31(25)34(32,2)3;1-2-4-6-5(3-1)7-8-6/h4-20H,1-3H3;1-4,7H. The number of H-pyrrole nitrogens is 1. The fourth-order valence-corrected chi connectivity index (χ4v) is 7.02. The van der Waals surface area contributed by atoms with Gasteiger partial charge in [-0.1, -0.05) is 117 Å². The van der Waals surface area contributed by atoms with E-state index in [1.807, 2.05) is 24.3 Å². The van der Waals surface area contributed by atoms with Crippen LogP contribution in [0.2, 0.25) is 0 Å². The van der Waals surface area contributed by atoms with Gasteiger partial charge in [-0.25, -0.2) is 5.16 Å². The van der Waals surface area contributed by atoms with Crippen LogP contribution in [0, 0.1) is 6.92 Å². The molecule has 0 unspecified atom stereocenters. The van der Waals surface area contributed by atoms with Gasteiger partial charge in [0.25, 0.3) is 0 Å². The molecule has 2 heteroatoms. The van der Waals surface area contributed by atoms with Crippen molar-refractivity contribution in [2.45, 2.75) is 26.2 Å². The van der Waals surface area contributed by atoms with E-state index in [2.05, 4.69) is 129 Å². The molecule has 0 radical (unpaired) electrons. The smallest absolute Gasteiger partial charge is 0.181 e. The first kappa shape index (κ1) is 24.7. The van der Waals surface area contributed by atoms with Gasteiger partial charge in [-0.2, -0.15) is 0 Å². The summed E-state index contributed by atoms with van der Waals surface area (Å²) in [5.74, 6) is 0. The first-order valence-electron chi connectivity index (χ1n) is 14.6. The molecule has 0 saturated carbocycles. The van der Waals surface area contributed by atoms with E-state index >= 15 is 0 Å². The quantitative estimate of drug-likeness (QED) is 0.206. The maximum absolute atomic E-state index is 4.83. The van der Waals surface area contributed by atoms with E-state index in [1.165, 1.54) is 71.3 Å². The Morgan fingerprint density at radius 1 is 0.524 bits per heavy atom. The summed E-state index contributed by atoms with van der Waals surface area (Å²) in [6.07, 6.45) is 0. The number of aromatic nitrogens is 1. The lowest BCUT2D eigenvalue weighted by molar-refractivity contribution is 0.424. The van der Waals surface area contributed by atoms with Gasteiger partial charge in [0.05, 0.1) is 0 Å². The highest BCUT2D eigenvalue weighted by Gasteiger charge is 2.36. The van der Waals surface area contributed by atoms with Crippen LogP contribution in [0.5, 0.6) is 0 Å². The number of fused-ring (bicyclic) bond motifs is 7. The monoisotopic (exact) mass is 541 g/mol. The molecule has 1 aliphatic carbocycles. The molecule has 7 aromatic carbocycles. The summed E-state index contributed by atoms with van der Waals surface area (Å²) >= 11 is 0.